The van der Waals surface area contributed by atoms with Gasteiger partial charge in [-0.15, -0.1) is 6.58 Å². The third kappa shape index (κ3) is 4.33. The molecule has 8 heteroatoms. The van der Waals surface area contributed by atoms with Crippen LogP contribution >= 0.6 is 11.6 Å². The Balaban J connectivity index is 2.16. The smallest absolute Gasteiger partial charge is 0.261 e. The van der Waals surface area contributed by atoms with Gasteiger partial charge in [0.05, 0.1) is 9.92 Å². The zero-order valence-electron chi connectivity index (χ0n) is 12.4. The number of amides is 1. The summed E-state index contributed by atoms with van der Waals surface area (Å²) < 4.78 is 40.0. The molecule has 0 unspecified atom stereocenters. The molecule has 2 rings (SSSR count). The maximum atomic E-state index is 13.1. The van der Waals surface area contributed by atoms with Gasteiger partial charge in [0.2, 0.25) is 0 Å². The lowest BCUT2D eigenvalue weighted by atomic mass is 10.2. The molecular formula is C16H14ClFN2O3S. The zero-order chi connectivity index (χ0) is 17.7. The van der Waals surface area contributed by atoms with Gasteiger partial charge in [-0.25, -0.2) is 12.8 Å². The van der Waals surface area contributed by atoms with Crippen molar-refractivity contribution in [2.45, 2.75) is 4.90 Å². The second kappa shape index (κ2) is 7.46. The van der Waals surface area contributed by atoms with E-state index >= 15 is 0 Å². The highest BCUT2D eigenvalue weighted by Gasteiger charge is 2.16. The Labute approximate surface area is 144 Å². The maximum absolute atomic E-state index is 13.1. The Morgan fingerprint density at radius 1 is 1.21 bits per heavy atom. The van der Waals surface area contributed by atoms with Crippen LogP contribution in [-0.4, -0.2) is 20.9 Å². The third-order valence-electron chi connectivity index (χ3n) is 3.01. The lowest BCUT2D eigenvalue weighted by Crippen LogP contribution is -2.23. The number of hydrogen-bond acceptors (Lipinski definition) is 3. The molecule has 5 nitrogen and oxygen atoms in total. The van der Waals surface area contributed by atoms with Crippen LogP contribution in [0.1, 0.15) is 10.4 Å². The molecule has 2 aromatic rings. The van der Waals surface area contributed by atoms with Crippen molar-refractivity contribution in [3.05, 3.63) is 71.5 Å². The molecule has 2 N–H and O–H groups in total. The van der Waals surface area contributed by atoms with E-state index in [0.29, 0.717) is 12.1 Å². The minimum Gasteiger partial charge on any atom is -0.349 e. The van der Waals surface area contributed by atoms with Gasteiger partial charge in [0.15, 0.2) is 0 Å². The highest BCUT2D eigenvalue weighted by Crippen LogP contribution is 2.22. The molecule has 0 aliphatic carbocycles. The summed E-state index contributed by atoms with van der Waals surface area (Å²) in [7, 11) is -3.91. The first-order chi connectivity index (χ1) is 11.3. The average molecular weight is 369 g/mol. The van der Waals surface area contributed by atoms with Crippen LogP contribution in [0, 0.1) is 5.82 Å². The fraction of sp³-hybridized carbons (Fsp3) is 0.0625. The van der Waals surface area contributed by atoms with E-state index in [1.54, 1.807) is 6.08 Å². The Hall–Kier alpha value is -2.38. The molecule has 0 atom stereocenters. The van der Waals surface area contributed by atoms with Crippen molar-refractivity contribution in [2.24, 2.45) is 0 Å². The first-order valence-electron chi connectivity index (χ1n) is 6.80. The Kier molecular flexibility index (Phi) is 5.58. The van der Waals surface area contributed by atoms with Gasteiger partial charge in [-0.05, 0) is 42.5 Å². The Morgan fingerprint density at radius 3 is 2.46 bits per heavy atom. The van der Waals surface area contributed by atoms with Crippen LogP contribution in [0.25, 0.3) is 0 Å². The van der Waals surface area contributed by atoms with Gasteiger partial charge >= 0.3 is 0 Å². The van der Waals surface area contributed by atoms with Crippen molar-refractivity contribution >= 4 is 33.2 Å². The molecule has 0 saturated heterocycles. The monoisotopic (exact) mass is 368 g/mol. The summed E-state index contributed by atoms with van der Waals surface area (Å²) in [6, 6.07) is 8.97. The molecule has 0 aliphatic rings. The summed E-state index contributed by atoms with van der Waals surface area (Å²) in [5, 5.41) is 2.32. The molecule has 0 bridgehead atoms. The van der Waals surface area contributed by atoms with Crippen molar-refractivity contribution in [1.82, 2.24) is 5.32 Å². The molecule has 24 heavy (non-hydrogen) atoms. The third-order valence-corrected chi connectivity index (χ3v) is 4.68. The minimum absolute atomic E-state index is 0.165. The summed E-state index contributed by atoms with van der Waals surface area (Å²) in [6.45, 7) is 3.83. The Bertz CT molecular complexity index is 867. The number of sulfonamides is 1. The van der Waals surface area contributed by atoms with E-state index in [9.17, 15) is 17.6 Å². The molecule has 0 aliphatic heterocycles. The average Bonchev–Trinajstić information content (AvgIpc) is 2.55. The van der Waals surface area contributed by atoms with Crippen molar-refractivity contribution in [3.63, 3.8) is 0 Å². The minimum atomic E-state index is -3.91. The predicted molar refractivity (Wildman–Crippen MR) is 91.2 cm³/mol. The van der Waals surface area contributed by atoms with E-state index < -0.39 is 15.8 Å². The summed E-state index contributed by atoms with van der Waals surface area (Å²) in [6.07, 6.45) is 1.55. The van der Waals surface area contributed by atoms with Crippen LogP contribution in [-0.2, 0) is 10.0 Å². The highest BCUT2D eigenvalue weighted by molar-refractivity contribution is 7.92. The molecule has 0 fully saturated rings. The highest BCUT2D eigenvalue weighted by atomic mass is 35.5. The van der Waals surface area contributed by atoms with Gasteiger partial charge in [-0.1, -0.05) is 17.7 Å². The van der Waals surface area contributed by atoms with Gasteiger partial charge in [0.1, 0.15) is 5.82 Å². The number of hydrogen-bond donors (Lipinski definition) is 2. The zero-order valence-corrected chi connectivity index (χ0v) is 14.0. The second-order valence-electron chi connectivity index (χ2n) is 4.76. The molecule has 0 saturated carbocycles. The SMILES string of the molecule is C=CCNC(=O)c1ccc(NS(=O)(=O)c2ccc(F)c(Cl)c2)cc1. The number of nitrogens with one attached hydrogen (secondary N) is 2. The number of anilines is 1. The van der Waals surface area contributed by atoms with Gasteiger partial charge in [-0.3, -0.25) is 9.52 Å². The summed E-state index contributed by atoms with van der Waals surface area (Å²) in [4.78, 5) is 11.6. The summed E-state index contributed by atoms with van der Waals surface area (Å²) in [5.41, 5.74) is 0.639. The molecule has 1 amide bonds. The summed E-state index contributed by atoms with van der Waals surface area (Å²) >= 11 is 5.60. The fourth-order valence-corrected chi connectivity index (χ4v) is 3.14. The topological polar surface area (TPSA) is 75.3 Å². The fourth-order valence-electron chi connectivity index (χ4n) is 1.81. The van der Waals surface area contributed by atoms with Crippen molar-refractivity contribution in [3.8, 4) is 0 Å². The molecular weight excluding hydrogens is 355 g/mol. The van der Waals surface area contributed by atoms with Crippen LogP contribution in [0.2, 0.25) is 5.02 Å². The standard InChI is InChI=1S/C16H14ClFN2O3S/c1-2-9-19-16(21)11-3-5-12(6-4-11)20-24(22,23)13-7-8-15(18)14(17)10-13/h2-8,10,20H,1,9H2,(H,19,21). The van der Waals surface area contributed by atoms with Gasteiger partial charge in [0, 0.05) is 17.8 Å². The van der Waals surface area contributed by atoms with E-state index in [2.05, 4.69) is 16.6 Å². The van der Waals surface area contributed by atoms with Crippen molar-refractivity contribution in [1.29, 1.82) is 0 Å². The molecule has 0 aromatic heterocycles. The summed E-state index contributed by atoms with van der Waals surface area (Å²) in [5.74, 6) is -1.000. The first kappa shape index (κ1) is 18.0. The van der Waals surface area contributed by atoms with E-state index in [0.717, 1.165) is 18.2 Å². The van der Waals surface area contributed by atoms with Crippen molar-refractivity contribution < 1.29 is 17.6 Å². The Morgan fingerprint density at radius 2 is 1.88 bits per heavy atom. The van der Waals surface area contributed by atoms with Crippen LogP contribution < -0.4 is 10.0 Å². The molecule has 0 radical (unpaired) electrons. The second-order valence-corrected chi connectivity index (χ2v) is 6.85. The number of rotatable bonds is 6. The molecule has 126 valence electrons. The van der Waals surface area contributed by atoms with Gasteiger partial charge < -0.3 is 5.32 Å². The number of halogens is 2. The van der Waals surface area contributed by atoms with Crippen LogP contribution in [0.5, 0.6) is 0 Å². The lowest BCUT2D eigenvalue weighted by molar-refractivity contribution is 0.0958. The molecule has 0 spiro atoms. The normalized spacial score (nSPS) is 10.9. The quantitative estimate of drug-likeness (QED) is 0.769. The number of benzene rings is 2. The van der Waals surface area contributed by atoms with Crippen LogP contribution in [0.15, 0.2) is 60.0 Å². The van der Waals surface area contributed by atoms with Crippen LogP contribution in [0.3, 0.4) is 0 Å². The molecule has 0 heterocycles. The van der Waals surface area contributed by atoms with Gasteiger partial charge in [0.25, 0.3) is 15.9 Å². The van der Waals surface area contributed by atoms with Gasteiger partial charge in [-0.2, -0.15) is 0 Å². The first-order valence-corrected chi connectivity index (χ1v) is 8.66. The van der Waals surface area contributed by atoms with Crippen molar-refractivity contribution in [2.75, 3.05) is 11.3 Å². The number of carbonyl (C=O) groups excluding carboxylic acids is 1. The predicted octanol–water partition coefficient (Wildman–Crippen LogP) is 3.20. The van der Waals surface area contributed by atoms with E-state index in [4.69, 9.17) is 11.6 Å². The maximum Gasteiger partial charge on any atom is 0.261 e. The van der Waals surface area contributed by atoms with E-state index in [1.165, 1.54) is 24.3 Å². The largest absolute Gasteiger partial charge is 0.349 e. The lowest BCUT2D eigenvalue weighted by Gasteiger charge is -2.09. The number of carbonyl (C=O) groups is 1. The molecule has 2 aromatic carbocycles. The van der Waals surface area contributed by atoms with E-state index in [-0.39, 0.29) is 21.5 Å². The van der Waals surface area contributed by atoms with E-state index in [1.807, 2.05) is 0 Å². The van der Waals surface area contributed by atoms with Crippen LogP contribution in [0.4, 0.5) is 10.1 Å².